The van der Waals surface area contributed by atoms with Crippen LogP contribution in [0.4, 0.5) is 23.2 Å². The lowest BCUT2D eigenvalue weighted by Gasteiger charge is -2.43. The molecule has 12 heteroatoms. The van der Waals surface area contributed by atoms with Crippen LogP contribution in [0.5, 0.6) is 0 Å². The Morgan fingerprint density at radius 2 is 1.89 bits per heavy atom. The molecule has 3 fully saturated rings. The average molecular weight is 627 g/mol. The molecule has 8 nitrogen and oxygen atoms in total. The number of anilines is 1. The number of rotatable bonds is 8. The van der Waals surface area contributed by atoms with Gasteiger partial charge in [-0.05, 0) is 59.7 Å². The maximum Gasteiger partial charge on any atom is 0.416 e. The predicted octanol–water partition coefficient (Wildman–Crippen LogP) is 5.28. The lowest BCUT2D eigenvalue weighted by Crippen LogP contribution is -2.55. The number of halogens is 4. The molecular formula is C33H38F4N6O2. The summed E-state index contributed by atoms with van der Waals surface area (Å²) in [4.78, 5) is 20.0. The van der Waals surface area contributed by atoms with E-state index in [0.29, 0.717) is 35.3 Å². The second kappa shape index (κ2) is 11.2. The van der Waals surface area contributed by atoms with E-state index in [2.05, 4.69) is 33.8 Å². The van der Waals surface area contributed by atoms with E-state index in [-0.39, 0.29) is 42.8 Å². The van der Waals surface area contributed by atoms with Crippen molar-refractivity contribution < 1.29 is 27.1 Å². The molecule has 0 bridgehead atoms. The van der Waals surface area contributed by atoms with Gasteiger partial charge in [-0.15, -0.1) is 10.2 Å². The number of piperazine rings is 1. The lowest BCUT2D eigenvalue weighted by molar-refractivity contribution is -0.138. The smallest absolute Gasteiger partial charge is 0.379 e. The van der Waals surface area contributed by atoms with Gasteiger partial charge in [0.25, 0.3) is 5.91 Å². The second-order valence-electron chi connectivity index (χ2n) is 13.4. The van der Waals surface area contributed by atoms with Crippen molar-refractivity contribution in [2.24, 2.45) is 13.0 Å². The molecule has 0 N–H and O–H groups in total. The number of ether oxygens (including phenoxy) is 1. The molecule has 1 aliphatic carbocycles. The summed E-state index contributed by atoms with van der Waals surface area (Å²) >= 11 is 0. The van der Waals surface area contributed by atoms with Gasteiger partial charge in [0, 0.05) is 56.6 Å². The summed E-state index contributed by atoms with van der Waals surface area (Å²) in [6.45, 7) is 7.24. The number of alkyl halides is 4. The first-order valence-electron chi connectivity index (χ1n) is 15.7. The van der Waals surface area contributed by atoms with Crippen molar-refractivity contribution in [3.8, 4) is 0 Å². The summed E-state index contributed by atoms with van der Waals surface area (Å²) in [6, 6.07) is 10.6. The first kappa shape index (κ1) is 30.3. The molecule has 7 rings (SSSR count). The minimum absolute atomic E-state index is 0.0234. The summed E-state index contributed by atoms with van der Waals surface area (Å²) in [5.74, 6) is 0.0104. The third-order valence-electron chi connectivity index (χ3n) is 10.1. The standard InChI is InChI=1S/C33H38F4N6O2/c1-20(2)28-16-41(23-7-8-23)9-10-42(28)14-21-11-25-26(27(12-21)33(35,36)37)15-43(31(25)44)24-6-4-5-22(13-24)32(17-45-18-32)29(34)30-39-38-19-40(30)3/h4-6,11-13,19-20,23,28-29H,7-10,14-18H2,1-3H3/t28-,29+/m1/s1. The Kier molecular flexibility index (Phi) is 7.52. The van der Waals surface area contributed by atoms with Crippen LogP contribution in [0.1, 0.15) is 71.3 Å². The summed E-state index contributed by atoms with van der Waals surface area (Å²) in [5, 5.41) is 7.75. The van der Waals surface area contributed by atoms with Crippen molar-refractivity contribution >= 4 is 11.6 Å². The fourth-order valence-corrected chi connectivity index (χ4v) is 7.26. The molecule has 4 heterocycles. The summed E-state index contributed by atoms with van der Waals surface area (Å²) < 4.78 is 66.5. The minimum atomic E-state index is -4.62. The molecular weight excluding hydrogens is 588 g/mol. The van der Waals surface area contributed by atoms with E-state index in [1.165, 1.54) is 34.7 Å². The van der Waals surface area contributed by atoms with Gasteiger partial charge in [-0.2, -0.15) is 13.2 Å². The highest BCUT2D eigenvalue weighted by Gasteiger charge is 2.51. The molecule has 0 spiro atoms. The number of carbonyl (C=O) groups excluding carboxylic acids is 1. The highest BCUT2D eigenvalue weighted by Crippen LogP contribution is 2.47. The number of fused-ring (bicyclic) bond motifs is 1. The normalized spacial score (nSPS) is 23.0. The average Bonchev–Trinajstić information content (AvgIpc) is 3.66. The molecule has 3 aliphatic heterocycles. The van der Waals surface area contributed by atoms with Gasteiger partial charge in [0.05, 0.1) is 30.7 Å². The van der Waals surface area contributed by atoms with Crippen molar-refractivity contribution in [1.29, 1.82) is 0 Å². The van der Waals surface area contributed by atoms with E-state index in [9.17, 15) is 18.0 Å². The maximum atomic E-state index is 16.0. The molecule has 2 atom stereocenters. The molecule has 240 valence electrons. The molecule has 2 saturated heterocycles. The van der Waals surface area contributed by atoms with Gasteiger partial charge in [-0.1, -0.05) is 26.0 Å². The summed E-state index contributed by atoms with van der Waals surface area (Å²) in [6.07, 6.45) is -2.28. The topological polar surface area (TPSA) is 66.7 Å². The van der Waals surface area contributed by atoms with Gasteiger partial charge in [0.15, 0.2) is 12.0 Å². The molecule has 3 aromatic rings. The molecule has 45 heavy (non-hydrogen) atoms. The van der Waals surface area contributed by atoms with Crippen molar-refractivity contribution in [3.05, 3.63) is 76.4 Å². The number of hydrogen-bond donors (Lipinski definition) is 0. The largest absolute Gasteiger partial charge is 0.416 e. The number of benzene rings is 2. The van der Waals surface area contributed by atoms with Crippen LogP contribution in [-0.2, 0) is 36.5 Å². The molecule has 1 saturated carbocycles. The molecule has 2 aromatic carbocycles. The van der Waals surface area contributed by atoms with Crippen molar-refractivity contribution in [3.63, 3.8) is 0 Å². The number of hydrogen-bond acceptors (Lipinski definition) is 6. The Hall–Kier alpha value is -3.35. The summed E-state index contributed by atoms with van der Waals surface area (Å²) in [5.41, 5.74) is -0.271. The zero-order chi connectivity index (χ0) is 31.7. The SMILES string of the molecule is CC(C)[C@H]1CN(C2CC2)CCN1Cc1cc2c(c(C(F)(F)F)c1)CN(c1cccc(C3([C@@H](F)c4nncn4C)COC3)c1)C2=O. The van der Waals surface area contributed by atoms with Gasteiger partial charge >= 0.3 is 6.18 Å². The minimum Gasteiger partial charge on any atom is -0.379 e. The van der Waals surface area contributed by atoms with E-state index in [1.54, 1.807) is 37.4 Å². The van der Waals surface area contributed by atoms with E-state index in [0.717, 1.165) is 19.6 Å². The number of aryl methyl sites for hydroxylation is 1. The zero-order valence-corrected chi connectivity index (χ0v) is 25.7. The highest BCUT2D eigenvalue weighted by atomic mass is 19.4. The Balaban J connectivity index is 1.18. The number of nitrogens with zero attached hydrogens (tertiary/aromatic N) is 6. The van der Waals surface area contributed by atoms with E-state index in [4.69, 9.17) is 4.74 Å². The van der Waals surface area contributed by atoms with Gasteiger partial charge < -0.3 is 14.2 Å². The third-order valence-corrected chi connectivity index (χ3v) is 10.1. The van der Waals surface area contributed by atoms with Gasteiger partial charge in [-0.3, -0.25) is 14.6 Å². The molecule has 4 aliphatic rings. The molecule has 1 aromatic heterocycles. The molecule has 0 unspecified atom stereocenters. The van der Waals surface area contributed by atoms with Crippen molar-refractivity contribution in [2.75, 3.05) is 37.7 Å². The summed E-state index contributed by atoms with van der Waals surface area (Å²) in [7, 11) is 1.66. The molecule has 1 amide bonds. The fraction of sp³-hybridized carbons (Fsp3) is 0.545. The Morgan fingerprint density at radius 1 is 1.11 bits per heavy atom. The fourth-order valence-electron chi connectivity index (χ4n) is 7.26. The zero-order valence-electron chi connectivity index (χ0n) is 25.7. The van der Waals surface area contributed by atoms with Gasteiger partial charge in [0.2, 0.25) is 0 Å². The van der Waals surface area contributed by atoms with Crippen LogP contribution in [0.3, 0.4) is 0 Å². The molecule has 0 radical (unpaired) electrons. The second-order valence-corrected chi connectivity index (χ2v) is 13.4. The van der Waals surface area contributed by atoms with Crippen LogP contribution >= 0.6 is 0 Å². The Bertz CT molecular complexity index is 1600. The van der Waals surface area contributed by atoms with Gasteiger partial charge in [0.1, 0.15) is 6.33 Å². The monoisotopic (exact) mass is 626 g/mol. The van der Waals surface area contributed by atoms with Crippen LogP contribution in [0, 0.1) is 5.92 Å². The van der Waals surface area contributed by atoms with Crippen molar-refractivity contribution in [2.45, 2.75) is 69.6 Å². The van der Waals surface area contributed by atoms with Crippen LogP contribution in [0.2, 0.25) is 0 Å². The van der Waals surface area contributed by atoms with E-state index < -0.39 is 29.2 Å². The number of carbonyl (C=O) groups is 1. The quantitative estimate of drug-likeness (QED) is 0.317. The lowest BCUT2D eigenvalue weighted by atomic mass is 9.74. The van der Waals surface area contributed by atoms with Crippen LogP contribution < -0.4 is 4.90 Å². The van der Waals surface area contributed by atoms with Gasteiger partial charge in [-0.25, -0.2) is 4.39 Å². The van der Waals surface area contributed by atoms with Crippen LogP contribution in [0.15, 0.2) is 42.7 Å². The number of aromatic nitrogens is 3. The number of amides is 1. The van der Waals surface area contributed by atoms with Crippen molar-refractivity contribution in [1.82, 2.24) is 24.6 Å². The maximum absolute atomic E-state index is 16.0. The van der Waals surface area contributed by atoms with E-state index >= 15 is 4.39 Å². The van der Waals surface area contributed by atoms with E-state index in [1.807, 2.05) is 0 Å². The predicted molar refractivity (Wildman–Crippen MR) is 159 cm³/mol. The first-order chi connectivity index (χ1) is 21.5. The van der Waals surface area contributed by atoms with Crippen LogP contribution in [-0.4, -0.2) is 75.4 Å². The third kappa shape index (κ3) is 5.34. The van der Waals surface area contributed by atoms with Crippen LogP contribution in [0.25, 0.3) is 0 Å². The Labute approximate surface area is 259 Å². The highest BCUT2D eigenvalue weighted by molar-refractivity contribution is 6.10. The Morgan fingerprint density at radius 3 is 2.51 bits per heavy atom. The first-order valence-corrected chi connectivity index (χ1v) is 15.7.